The highest BCUT2D eigenvalue weighted by molar-refractivity contribution is 5.27. The van der Waals surface area contributed by atoms with Crippen molar-refractivity contribution in [2.75, 3.05) is 0 Å². The number of fused-ring (bicyclic) bond motifs is 1. The molecule has 2 aromatic heterocycles. The second-order valence-corrected chi connectivity index (χ2v) is 4.34. The fourth-order valence-corrected chi connectivity index (χ4v) is 2.46. The number of nitrogens with zero attached hydrogens (tertiary/aromatic N) is 2. The summed E-state index contributed by atoms with van der Waals surface area (Å²) in [5.74, 6) is 1.21. The number of aliphatic hydroxyl groups excluding tert-OH is 1. The minimum absolute atomic E-state index is 0.257. The van der Waals surface area contributed by atoms with Gasteiger partial charge >= 0.3 is 0 Å². The van der Waals surface area contributed by atoms with Gasteiger partial charge in [-0.1, -0.05) is 0 Å². The number of hydrogen-bond donors (Lipinski definition) is 1. The van der Waals surface area contributed by atoms with Crippen LogP contribution in [0.4, 0.5) is 0 Å². The lowest BCUT2D eigenvalue weighted by Crippen LogP contribution is -2.18. The molecule has 4 nitrogen and oxygen atoms in total. The molecule has 0 saturated carbocycles. The number of rotatable bonds is 1. The maximum Gasteiger partial charge on any atom is 0.107 e. The molecule has 0 aromatic carbocycles. The Kier molecular flexibility index (Phi) is 2.11. The highest BCUT2D eigenvalue weighted by Gasteiger charge is 2.30. The maximum absolute atomic E-state index is 10.0. The second kappa shape index (κ2) is 3.49. The van der Waals surface area contributed by atoms with Crippen LogP contribution in [0.5, 0.6) is 0 Å². The SMILES string of the molecule is Cn1ncc2c1CC(c1ccco1)CC2O. The molecule has 2 atom stereocenters. The van der Waals surface area contributed by atoms with E-state index >= 15 is 0 Å². The third kappa shape index (κ3) is 1.38. The van der Waals surface area contributed by atoms with Crippen LogP contribution in [0.2, 0.25) is 0 Å². The highest BCUT2D eigenvalue weighted by Crippen LogP contribution is 2.38. The molecular weight excluding hydrogens is 204 g/mol. The molecule has 1 aliphatic rings. The maximum atomic E-state index is 10.0. The predicted molar refractivity (Wildman–Crippen MR) is 57.9 cm³/mol. The van der Waals surface area contributed by atoms with Gasteiger partial charge in [0.25, 0.3) is 0 Å². The summed E-state index contributed by atoms with van der Waals surface area (Å²) < 4.78 is 7.25. The van der Waals surface area contributed by atoms with E-state index in [-0.39, 0.29) is 5.92 Å². The van der Waals surface area contributed by atoms with Gasteiger partial charge in [-0.05, 0) is 25.0 Å². The summed E-state index contributed by atoms with van der Waals surface area (Å²) >= 11 is 0. The zero-order valence-electron chi connectivity index (χ0n) is 9.13. The molecule has 0 fully saturated rings. The van der Waals surface area contributed by atoms with Crippen LogP contribution in [0, 0.1) is 0 Å². The van der Waals surface area contributed by atoms with Crippen LogP contribution in [0.1, 0.15) is 35.5 Å². The molecule has 0 aliphatic heterocycles. The van der Waals surface area contributed by atoms with E-state index in [9.17, 15) is 5.11 Å². The molecule has 0 saturated heterocycles. The first-order chi connectivity index (χ1) is 7.75. The van der Waals surface area contributed by atoms with E-state index in [0.717, 1.165) is 23.4 Å². The number of aromatic nitrogens is 2. The summed E-state index contributed by atoms with van der Waals surface area (Å²) in [6, 6.07) is 3.86. The molecule has 0 amide bonds. The van der Waals surface area contributed by atoms with Crippen molar-refractivity contribution in [2.45, 2.75) is 24.9 Å². The van der Waals surface area contributed by atoms with Crippen LogP contribution in [0.25, 0.3) is 0 Å². The van der Waals surface area contributed by atoms with Crippen molar-refractivity contribution in [3.05, 3.63) is 41.6 Å². The average Bonchev–Trinajstić information content (AvgIpc) is 2.88. The summed E-state index contributed by atoms with van der Waals surface area (Å²) in [5, 5.41) is 14.2. The third-order valence-corrected chi connectivity index (χ3v) is 3.35. The Morgan fingerprint density at radius 1 is 1.56 bits per heavy atom. The van der Waals surface area contributed by atoms with Gasteiger partial charge in [-0.15, -0.1) is 0 Å². The first-order valence-corrected chi connectivity index (χ1v) is 5.48. The molecule has 0 radical (unpaired) electrons. The predicted octanol–water partition coefficient (Wildman–Crippen LogP) is 1.78. The Morgan fingerprint density at radius 2 is 2.44 bits per heavy atom. The Labute approximate surface area is 93.5 Å². The van der Waals surface area contributed by atoms with Crippen molar-refractivity contribution in [3.8, 4) is 0 Å². The Morgan fingerprint density at radius 3 is 3.19 bits per heavy atom. The van der Waals surface area contributed by atoms with Crippen LogP contribution in [-0.2, 0) is 13.5 Å². The van der Waals surface area contributed by atoms with Gasteiger partial charge in [0.1, 0.15) is 5.76 Å². The molecule has 3 rings (SSSR count). The first kappa shape index (κ1) is 9.66. The van der Waals surface area contributed by atoms with Gasteiger partial charge in [-0.25, -0.2) is 0 Å². The molecule has 1 N–H and O–H groups in total. The van der Waals surface area contributed by atoms with Crippen LogP contribution >= 0.6 is 0 Å². The standard InChI is InChI=1S/C12H14N2O2/c1-14-10-5-8(12-3-2-4-16-12)6-11(15)9(10)7-13-14/h2-4,7-8,11,15H,5-6H2,1H3. The van der Waals surface area contributed by atoms with Crippen molar-refractivity contribution in [1.82, 2.24) is 9.78 Å². The minimum Gasteiger partial charge on any atom is -0.469 e. The number of hydrogen-bond acceptors (Lipinski definition) is 3. The Balaban J connectivity index is 1.97. The zero-order chi connectivity index (χ0) is 11.1. The largest absolute Gasteiger partial charge is 0.469 e. The smallest absolute Gasteiger partial charge is 0.107 e. The van der Waals surface area contributed by atoms with E-state index < -0.39 is 6.10 Å². The normalized spacial score (nSPS) is 24.4. The summed E-state index contributed by atoms with van der Waals surface area (Å²) in [7, 11) is 1.91. The van der Waals surface area contributed by atoms with E-state index in [0.29, 0.717) is 6.42 Å². The van der Waals surface area contributed by atoms with Crippen molar-refractivity contribution in [1.29, 1.82) is 0 Å². The summed E-state index contributed by atoms with van der Waals surface area (Å²) in [6.45, 7) is 0. The van der Waals surface area contributed by atoms with Crippen LogP contribution in [0.15, 0.2) is 29.0 Å². The quantitative estimate of drug-likeness (QED) is 0.793. The van der Waals surface area contributed by atoms with Crippen LogP contribution in [0.3, 0.4) is 0 Å². The molecule has 1 aliphatic carbocycles. The molecule has 4 heteroatoms. The first-order valence-electron chi connectivity index (χ1n) is 5.48. The third-order valence-electron chi connectivity index (χ3n) is 3.35. The Bertz CT molecular complexity index is 487. The van der Waals surface area contributed by atoms with Gasteiger partial charge in [0, 0.05) is 24.2 Å². The van der Waals surface area contributed by atoms with Crippen molar-refractivity contribution >= 4 is 0 Å². The summed E-state index contributed by atoms with van der Waals surface area (Å²) in [6.07, 6.45) is 4.62. The summed E-state index contributed by atoms with van der Waals surface area (Å²) in [4.78, 5) is 0. The molecular formula is C12H14N2O2. The second-order valence-electron chi connectivity index (χ2n) is 4.34. The lowest BCUT2D eigenvalue weighted by atomic mass is 9.84. The monoisotopic (exact) mass is 218 g/mol. The lowest BCUT2D eigenvalue weighted by molar-refractivity contribution is 0.142. The highest BCUT2D eigenvalue weighted by atomic mass is 16.3. The van der Waals surface area contributed by atoms with Crippen molar-refractivity contribution in [2.24, 2.45) is 7.05 Å². The fraction of sp³-hybridized carbons (Fsp3) is 0.417. The van der Waals surface area contributed by atoms with Crippen molar-refractivity contribution < 1.29 is 9.52 Å². The van der Waals surface area contributed by atoms with E-state index in [4.69, 9.17) is 4.42 Å². The molecule has 2 unspecified atom stereocenters. The van der Waals surface area contributed by atoms with E-state index in [1.165, 1.54) is 0 Å². The molecule has 2 aromatic rings. The molecule has 16 heavy (non-hydrogen) atoms. The zero-order valence-corrected chi connectivity index (χ0v) is 9.13. The topological polar surface area (TPSA) is 51.2 Å². The molecule has 2 heterocycles. The van der Waals surface area contributed by atoms with Crippen LogP contribution in [-0.4, -0.2) is 14.9 Å². The van der Waals surface area contributed by atoms with Gasteiger partial charge < -0.3 is 9.52 Å². The van der Waals surface area contributed by atoms with E-state index in [2.05, 4.69) is 5.10 Å². The van der Waals surface area contributed by atoms with Crippen molar-refractivity contribution in [3.63, 3.8) is 0 Å². The minimum atomic E-state index is -0.424. The van der Waals surface area contributed by atoms with Crippen LogP contribution < -0.4 is 0 Å². The molecule has 0 spiro atoms. The molecule has 84 valence electrons. The fourth-order valence-electron chi connectivity index (χ4n) is 2.46. The van der Waals surface area contributed by atoms with Gasteiger partial charge in [0.05, 0.1) is 18.6 Å². The number of aliphatic hydroxyl groups is 1. The lowest BCUT2D eigenvalue weighted by Gasteiger charge is -2.25. The molecule has 0 bridgehead atoms. The van der Waals surface area contributed by atoms with Gasteiger partial charge in [-0.3, -0.25) is 4.68 Å². The van der Waals surface area contributed by atoms with Gasteiger partial charge in [0.15, 0.2) is 0 Å². The average molecular weight is 218 g/mol. The summed E-state index contributed by atoms with van der Waals surface area (Å²) in [5.41, 5.74) is 2.07. The Hall–Kier alpha value is -1.55. The van der Waals surface area contributed by atoms with E-state index in [1.54, 1.807) is 12.5 Å². The van der Waals surface area contributed by atoms with Gasteiger partial charge in [-0.2, -0.15) is 5.10 Å². The number of aryl methyl sites for hydroxylation is 1. The van der Waals surface area contributed by atoms with Gasteiger partial charge in [0.2, 0.25) is 0 Å². The number of furan rings is 1. The van der Waals surface area contributed by atoms with E-state index in [1.807, 2.05) is 23.9 Å².